The Balaban J connectivity index is 1.48. The van der Waals surface area contributed by atoms with Gasteiger partial charge >= 0.3 is 0 Å². The summed E-state index contributed by atoms with van der Waals surface area (Å²) in [5.74, 6) is -0.276. The van der Waals surface area contributed by atoms with Crippen LogP contribution in [0.2, 0.25) is 0 Å². The topological polar surface area (TPSA) is 69.7 Å². The lowest BCUT2D eigenvalue weighted by Crippen LogP contribution is -2.40. The zero-order chi connectivity index (χ0) is 21.7. The SMILES string of the molecule is Cc1ccc(CN(CC(=O)NCCCN2c3ccccc3C[C@@H]2C)S(C)(=O)=O)cc1. The maximum atomic E-state index is 12.4. The van der Waals surface area contributed by atoms with E-state index in [0.717, 1.165) is 36.8 Å². The Morgan fingerprint density at radius 1 is 1.17 bits per heavy atom. The normalized spacial score (nSPS) is 16.0. The molecule has 0 aliphatic carbocycles. The Morgan fingerprint density at radius 3 is 2.57 bits per heavy atom. The summed E-state index contributed by atoms with van der Waals surface area (Å²) in [6.45, 7) is 5.59. The summed E-state index contributed by atoms with van der Waals surface area (Å²) in [5, 5.41) is 2.87. The second-order valence-electron chi connectivity index (χ2n) is 8.10. The van der Waals surface area contributed by atoms with Gasteiger partial charge in [0.1, 0.15) is 0 Å². The van der Waals surface area contributed by atoms with E-state index in [1.54, 1.807) is 0 Å². The number of hydrogen-bond acceptors (Lipinski definition) is 4. The number of benzene rings is 2. The third kappa shape index (κ3) is 5.83. The van der Waals surface area contributed by atoms with Crippen LogP contribution in [0.1, 0.15) is 30.0 Å². The third-order valence-electron chi connectivity index (χ3n) is 5.51. The van der Waals surface area contributed by atoms with Crippen LogP contribution in [0.15, 0.2) is 48.5 Å². The largest absolute Gasteiger partial charge is 0.368 e. The lowest BCUT2D eigenvalue weighted by molar-refractivity contribution is -0.121. The summed E-state index contributed by atoms with van der Waals surface area (Å²) in [4.78, 5) is 14.7. The van der Waals surface area contributed by atoms with Gasteiger partial charge in [0.2, 0.25) is 15.9 Å². The monoisotopic (exact) mass is 429 g/mol. The van der Waals surface area contributed by atoms with Crippen LogP contribution in [0.5, 0.6) is 0 Å². The van der Waals surface area contributed by atoms with Crippen LogP contribution < -0.4 is 10.2 Å². The number of nitrogens with one attached hydrogen (secondary N) is 1. The van der Waals surface area contributed by atoms with Gasteiger partial charge in [0.25, 0.3) is 0 Å². The van der Waals surface area contributed by atoms with Crippen molar-refractivity contribution in [3.63, 3.8) is 0 Å². The first-order chi connectivity index (χ1) is 14.2. The van der Waals surface area contributed by atoms with E-state index in [-0.39, 0.29) is 19.0 Å². The molecule has 162 valence electrons. The number of sulfonamides is 1. The minimum Gasteiger partial charge on any atom is -0.368 e. The minimum absolute atomic E-state index is 0.171. The van der Waals surface area contributed by atoms with Gasteiger partial charge in [-0.05, 0) is 43.9 Å². The molecule has 0 aromatic heterocycles. The molecule has 3 rings (SSSR count). The highest BCUT2D eigenvalue weighted by Crippen LogP contribution is 2.31. The third-order valence-corrected chi connectivity index (χ3v) is 6.71. The van der Waals surface area contributed by atoms with Gasteiger partial charge < -0.3 is 10.2 Å². The molecule has 7 heteroatoms. The van der Waals surface area contributed by atoms with Crippen LogP contribution in [0.3, 0.4) is 0 Å². The van der Waals surface area contributed by atoms with Gasteiger partial charge in [0.05, 0.1) is 12.8 Å². The number of carbonyl (C=O) groups is 1. The molecular formula is C23H31N3O3S. The molecule has 2 aromatic rings. The van der Waals surface area contributed by atoms with Crippen molar-refractivity contribution in [3.8, 4) is 0 Å². The van der Waals surface area contributed by atoms with Crippen LogP contribution in [0.25, 0.3) is 0 Å². The number of rotatable bonds is 9. The van der Waals surface area contributed by atoms with Gasteiger partial charge in [-0.1, -0.05) is 48.0 Å². The Hall–Kier alpha value is -2.38. The molecule has 0 saturated heterocycles. The van der Waals surface area contributed by atoms with Crippen molar-refractivity contribution in [2.75, 3.05) is 30.8 Å². The molecule has 2 aromatic carbocycles. The lowest BCUT2D eigenvalue weighted by atomic mass is 10.1. The van der Waals surface area contributed by atoms with Crippen LogP contribution in [-0.2, 0) is 27.8 Å². The number of carbonyl (C=O) groups excluding carboxylic acids is 1. The highest BCUT2D eigenvalue weighted by Gasteiger charge is 2.25. The van der Waals surface area contributed by atoms with E-state index in [4.69, 9.17) is 0 Å². The fraction of sp³-hybridized carbons (Fsp3) is 0.435. The number of para-hydroxylation sites is 1. The van der Waals surface area contributed by atoms with Crippen LogP contribution in [-0.4, -0.2) is 50.6 Å². The van der Waals surface area contributed by atoms with E-state index in [2.05, 4.69) is 41.4 Å². The first-order valence-corrected chi connectivity index (χ1v) is 12.2. The smallest absolute Gasteiger partial charge is 0.235 e. The maximum absolute atomic E-state index is 12.4. The summed E-state index contributed by atoms with van der Waals surface area (Å²) in [7, 11) is -3.49. The predicted molar refractivity (Wildman–Crippen MR) is 121 cm³/mol. The molecule has 1 amide bonds. The second kappa shape index (κ2) is 9.62. The van der Waals surface area contributed by atoms with E-state index in [0.29, 0.717) is 12.6 Å². The Bertz CT molecular complexity index is 973. The van der Waals surface area contributed by atoms with Crippen molar-refractivity contribution in [3.05, 3.63) is 65.2 Å². The van der Waals surface area contributed by atoms with Gasteiger partial charge in [-0.2, -0.15) is 4.31 Å². The quantitative estimate of drug-likeness (QED) is 0.623. The van der Waals surface area contributed by atoms with Gasteiger partial charge in [-0.15, -0.1) is 0 Å². The Morgan fingerprint density at radius 2 is 1.87 bits per heavy atom. The van der Waals surface area contributed by atoms with E-state index < -0.39 is 10.0 Å². The summed E-state index contributed by atoms with van der Waals surface area (Å²) < 4.78 is 25.5. The van der Waals surface area contributed by atoms with Crippen molar-refractivity contribution in [2.24, 2.45) is 0 Å². The molecule has 1 N–H and O–H groups in total. The Labute approximate surface area is 179 Å². The van der Waals surface area contributed by atoms with E-state index in [9.17, 15) is 13.2 Å². The van der Waals surface area contributed by atoms with Crippen molar-refractivity contribution in [1.29, 1.82) is 0 Å². The fourth-order valence-electron chi connectivity index (χ4n) is 3.85. The summed E-state index contributed by atoms with van der Waals surface area (Å²) >= 11 is 0. The molecule has 0 fully saturated rings. The molecule has 6 nitrogen and oxygen atoms in total. The van der Waals surface area contributed by atoms with E-state index >= 15 is 0 Å². The standard InChI is InChI=1S/C23H31N3O3S/c1-18-9-11-20(12-10-18)16-25(30(3,28)29)17-23(27)24-13-6-14-26-19(2)15-21-7-4-5-8-22(21)26/h4-5,7-12,19H,6,13-17H2,1-3H3,(H,24,27)/t19-/m0/s1. The summed E-state index contributed by atoms with van der Waals surface area (Å²) in [6.07, 6.45) is 2.99. The van der Waals surface area contributed by atoms with E-state index in [1.807, 2.05) is 31.2 Å². The number of nitrogens with zero attached hydrogens (tertiary/aromatic N) is 2. The molecule has 1 aliphatic rings. The zero-order valence-corrected chi connectivity index (χ0v) is 18.8. The van der Waals surface area contributed by atoms with Gasteiger partial charge in [0.15, 0.2) is 0 Å². The Kier molecular flexibility index (Phi) is 7.15. The molecule has 0 saturated carbocycles. The average Bonchev–Trinajstić information content (AvgIpc) is 3.01. The molecule has 0 bridgehead atoms. The number of hydrogen-bond donors (Lipinski definition) is 1. The van der Waals surface area contributed by atoms with Crippen molar-refractivity contribution in [2.45, 2.75) is 39.3 Å². The molecule has 1 aliphatic heterocycles. The zero-order valence-electron chi connectivity index (χ0n) is 18.0. The summed E-state index contributed by atoms with van der Waals surface area (Å²) in [5.41, 5.74) is 4.62. The minimum atomic E-state index is -3.49. The average molecular weight is 430 g/mol. The number of fused-ring (bicyclic) bond motifs is 1. The molecule has 0 unspecified atom stereocenters. The van der Waals surface area contributed by atoms with Gasteiger partial charge in [-0.25, -0.2) is 8.42 Å². The van der Waals surface area contributed by atoms with Crippen LogP contribution >= 0.6 is 0 Å². The highest BCUT2D eigenvalue weighted by atomic mass is 32.2. The lowest BCUT2D eigenvalue weighted by Gasteiger charge is -2.25. The molecular weight excluding hydrogens is 398 g/mol. The van der Waals surface area contributed by atoms with Crippen molar-refractivity contribution < 1.29 is 13.2 Å². The number of aryl methyl sites for hydroxylation is 1. The fourth-order valence-corrected chi connectivity index (χ4v) is 4.59. The second-order valence-corrected chi connectivity index (χ2v) is 10.1. The summed E-state index contributed by atoms with van der Waals surface area (Å²) in [6, 6.07) is 16.5. The molecule has 0 spiro atoms. The first-order valence-electron chi connectivity index (χ1n) is 10.4. The van der Waals surface area contributed by atoms with Gasteiger partial charge in [-0.3, -0.25) is 4.79 Å². The van der Waals surface area contributed by atoms with Crippen LogP contribution in [0, 0.1) is 6.92 Å². The van der Waals surface area contributed by atoms with Gasteiger partial charge in [0, 0.05) is 31.4 Å². The number of anilines is 1. The van der Waals surface area contributed by atoms with Crippen molar-refractivity contribution in [1.82, 2.24) is 9.62 Å². The number of amides is 1. The maximum Gasteiger partial charge on any atom is 0.235 e. The molecule has 1 heterocycles. The molecule has 1 atom stereocenters. The predicted octanol–water partition coefficient (Wildman–Crippen LogP) is 2.71. The van der Waals surface area contributed by atoms with Crippen LogP contribution in [0.4, 0.5) is 5.69 Å². The first kappa shape index (κ1) is 22.3. The van der Waals surface area contributed by atoms with Crippen molar-refractivity contribution >= 4 is 21.6 Å². The highest BCUT2D eigenvalue weighted by molar-refractivity contribution is 7.88. The van der Waals surface area contributed by atoms with E-state index in [1.165, 1.54) is 15.6 Å². The molecule has 30 heavy (non-hydrogen) atoms. The molecule has 0 radical (unpaired) electrons.